The van der Waals surface area contributed by atoms with Crippen LogP contribution in [0, 0.1) is 0 Å². The second kappa shape index (κ2) is 12.2. The fourth-order valence-corrected chi connectivity index (χ4v) is 4.20. The largest absolute Gasteiger partial charge is 0.507 e. The van der Waals surface area contributed by atoms with Gasteiger partial charge in [-0.05, 0) is 44.5 Å². The molecule has 2 aromatic carbocycles. The number of benzene rings is 2. The summed E-state index contributed by atoms with van der Waals surface area (Å²) in [7, 11) is 1.50. The Morgan fingerprint density at radius 1 is 1.05 bits per heavy atom. The topological polar surface area (TPSA) is 179 Å². The first-order valence-corrected chi connectivity index (χ1v) is 11.9. The third-order valence-corrected chi connectivity index (χ3v) is 6.34. The SMILES string of the molecule is COc1ccc(-c2oc3c(CC=C(C)C)c(OC4O[C@H](CO)[C@@H](O)[C@H](O)[C@H]4O)cc(O)c3c(=O)c2O)cc1.Cl. The summed E-state index contributed by atoms with van der Waals surface area (Å²) in [5, 5.41) is 61.3. The summed E-state index contributed by atoms with van der Waals surface area (Å²) in [5.41, 5.74) is 0.627. The van der Waals surface area contributed by atoms with Crippen LogP contribution in [0.1, 0.15) is 19.4 Å². The van der Waals surface area contributed by atoms with Gasteiger partial charge in [0.15, 0.2) is 5.76 Å². The van der Waals surface area contributed by atoms with Crippen molar-refractivity contribution in [2.24, 2.45) is 0 Å². The van der Waals surface area contributed by atoms with Crippen LogP contribution in [-0.2, 0) is 11.2 Å². The van der Waals surface area contributed by atoms with Crippen LogP contribution in [0.5, 0.6) is 23.0 Å². The summed E-state index contributed by atoms with van der Waals surface area (Å²) in [4.78, 5) is 13.2. The summed E-state index contributed by atoms with van der Waals surface area (Å²) < 4.78 is 22.5. The molecule has 39 heavy (non-hydrogen) atoms. The first-order valence-electron chi connectivity index (χ1n) is 11.9. The molecule has 1 fully saturated rings. The molecule has 0 bridgehead atoms. The molecule has 2 heterocycles. The standard InChI is InChI=1S/C27H30O11.ClH/c1-12(2)4-9-15-17(36-27-24(34)22(32)20(30)18(11-28)37-27)10-16(29)19-21(31)23(33)25(38-26(15)19)13-5-7-14(35-3)8-6-13;/h4-8,10,18,20,22,24,27-30,32-34H,9,11H2,1-3H3;1H/t18-,20-,22+,24-,27?;/m1./s1. The van der Waals surface area contributed by atoms with Crippen LogP contribution in [0.4, 0.5) is 0 Å². The zero-order valence-corrected chi connectivity index (χ0v) is 22.2. The normalized spacial score (nSPS) is 22.7. The van der Waals surface area contributed by atoms with Gasteiger partial charge in [0.05, 0.1) is 13.7 Å². The molecule has 5 atom stereocenters. The van der Waals surface area contributed by atoms with Crippen LogP contribution in [0.25, 0.3) is 22.3 Å². The first kappa shape index (κ1) is 30.2. The van der Waals surface area contributed by atoms with Crippen molar-refractivity contribution < 1.29 is 49.3 Å². The van der Waals surface area contributed by atoms with E-state index in [1.807, 2.05) is 19.9 Å². The monoisotopic (exact) mass is 566 g/mol. The molecule has 11 nitrogen and oxygen atoms in total. The molecule has 0 amide bonds. The maximum absolute atomic E-state index is 13.2. The van der Waals surface area contributed by atoms with Crippen molar-refractivity contribution in [3.63, 3.8) is 0 Å². The van der Waals surface area contributed by atoms with Crippen LogP contribution >= 0.6 is 12.4 Å². The molecule has 6 N–H and O–H groups in total. The van der Waals surface area contributed by atoms with Gasteiger partial charge in [-0.25, -0.2) is 0 Å². The molecule has 1 aliphatic rings. The Bertz CT molecular complexity index is 1390. The van der Waals surface area contributed by atoms with E-state index in [-0.39, 0.29) is 46.9 Å². The van der Waals surface area contributed by atoms with Crippen molar-refractivity contribution in [3.05, 3.63) is 57.8 Å². The van der Waals surface area contributed by atoms with Gasteiger partial charge in [0.25, 0.3) is 0 Å². The number of methoxy groups -OCH3 is 1. The number of rotatable bonds is 7. The van der Waals surface area contributed by atoms with E-state index < -0.39 is 54.2 Å². The molecule has 1 unspecified atom stereocenters. The highest BCUT2D eigenvalue weighted by atomic mass is 35.5. The van der Waals surface area contributed by atoms with Gasteiger partial charge in [0.1, 0.15) is 52.6 Å². The van der Waals surface area contributed by atoms with Crippen molar-refractivity contribution in [2.45, 2.75) is 51.0 Å². The number of phenols is 1. The van der Waals surface area contributed by atoms with Gasteiger partial charge < -0.3 is 49.3 Å². The second-order valence-electron chi connectivity index (χ2n) is 9.21. The summed E-state index contributed by atoms with van der Waals surface area (Å²) in [5.74, 6) is -0.910. The molecule has 212 valence electrons. The molecular formula is C27H31ClO11. The molecule has 0 saturated carbocycles. The predicted molar refractivity (Wildman–Crippen MR) is 143 cm³/mol. The van der Waals surface area contributed by atoms with Gasteiger partial charge in [0.2, 0.25) is 17.5 Å². The summed E-state index contributed by atoms with van der Waals surface area (Å²) in [6, 6.07) is 7.54. The third kappa shape index (κ3) is 5.83. The number of allylic oxidation sites excluding steroid dienone is 2. The fourth-order valence-electron chi connectivity index (χ4n) is 4.20. The molecule has 1 aliphatic heterocycles. The van der Waals surface area contributed by atoms with E-state index in [1.54, 1.807) is 24.3 Å². The van der Waals surface area contributed by atoms with Crippen molar-refractivity contribution >= 4 is 23.4 Å². The number of aromatic hydroxyl groups is 2. The lowest BCUT2D eigenvalue weighted by atomic mass is 9.99. The fraction of sp³-hybridized carbons (Fsp3) is 0.370. The van der Waals surface area contributed by atoms with Gasteiger partial charge in [-0.15, -0.1) is 12.4 Å². The minimum atomic E-state index is -1.70. The molecule has 4 rings (SSSR count). The summed E-state index contributed by atoms with van der Waals surface area (Å²) >= 11 is 0. The Kier molecular flexibility index (Phi) is 9.49. The lowest BCUT2D eigenvalue weighted by molar-refractivity contribution is -0.277. The van der Waals surface area contributed by atoms with Gasteiger partial charge in [-0.2, -0.15) is 0 Å². The number of phenolic OH excluding ortho intramolecular Hbond substituents is 1. The van der Waals surface area contributed by atoms with E-state index in [9.17, 15) is 35.4 Å². The quantitative estimate of drug-likeness (QED) is 0.230. The number of fused-ring (bicyclic) bond motifs is 1. The summed E-state index contributed by atoms with van der Waals surface area (Å²) in [6.07, 6.45) is -5.77. The number of hydrogen-bond acceptors (Lipinski definition) is 11. The molecule has 1 saturated heterocycles. The molecule has 3 aromatic rings. The Morgan fingerprint density at radius 2 is 1.72 bits per heavy atom. The van der Waals surface area contributed by atoms with Crippen molar-refractivity contribution in [1.82, 2.24) is 0 Å². The lowest BCUT2D eigenvalue weighted by Gasteiger charge is -2.39. The number of halogens is 1. The molecule has 1 aromatic heterocycles. The van der Waals surface area contributed by atoms with Gasteiger partial charge >= 0.3 is 0 Å². The van der Waals surface area contributed by atoms with E-state index in [2.05, 4.69) is 0 Å². The highest BCUT2D eigenvalue weighted by Gasteiger charge is 2.45. The average molecular weight is 567 g/mol. The highest BCUT2D eigenvalue weighted by Crippen LogP contribution is 2.40. The van der Waals surface area contributed by atoms with Gasteiger partial charge in [-0.3, -0.25) is 4.79 Å². The maximum Gasteiger partial charge on any atom is 0.238 e. The van der Waals surface area contributed by atoms with Crippen LogP contribution in [0.2, 0.25) is 0 Å². The zero-order valence-electron chi connectivity index (χ0n) is 21.4. The van der Waals surface area contributed by atoms with E-state index in [0.29, 0.717) is 11.3 Å². The van der Waals surface area contributed by atoms with Crippen molar-refractivity contribution in [1.29, 1.82) is 0 Å². The van der Waals surface area contributed by atoms with Crippen molar-refractivity contribution in [3.8, 4) is 34.3 Å². The lowest BCUT2D eigenvalue weighted by Crippen LogP contribution is -2.60. The zero-order chi connectivity index (χ0) is 27.7. The van der Waals surface area contributed by atoms with Crippen LogP contribution < -0.4 is 14.9 Å². The second-order valence-corrected chi connectivity index (χ2v) is 9.21. The van der Waals surface area contributed by atoms with Crippen LogP contribution in [0.3, 0.4) is 0 Å². The van der Waals surface area contributed by atoms with E-state index >= 15 is 0 Å². The molecule has 12 heteroatoms. The maximum atomic E-state index is 13.2. The van der Waals surface area contributed by atoms with E-state index in [4.69, 9.17) is 18.6 Å². The van der Waals surface area contributed by atoms with Crippen molar-refractivity contribution in [2.75, 3.05) is 13.7 Å². The third-order valence-electron chi connectivity index (χ3n) is 6.34. The number of aliphatic hydroxyl groups is 4. The highest BCUT2D eigenvalue weighted by molar-refractivity contribution is 5.91. The molecule has 0 spiro atoms. The van der Waals surface area contributed by atoms with Gasteiger partial charge in [-0.1, -0.05) is 11.6 Å². The predicted octanol–water partition coefficient (Wildman–Crippen LogP) is 1.99. The van der Waals surface area contributed by atoms with E-state index in [1.165, 1.54) is 7.11 Å². The molecule has 0 aliphatic carbocycles. The number of hydrogen-bond donors (Lipinski definition) is 6. The van der Waals surface area contributed by atoms with Crippen LogP contribution in [-0.4, -0.2) is 75.1 Å². The number of aliphatic hydroxyl groups excluding tert-OH is 4. The van der Waals surface area contributed by atoms with Gasteiger partial charge in [0, 0.05) is 17.2 Å². The summed E-state index contributed by atoms with van der Waals surface area (Å²) in [6.45, 7) is 3.05. The first-order chi connectivity index (χ1) is 18.1. The average Bonchev–Trinajstić information content (AvgIpc) is 2.90. The Morgan fingerprint density at radius 3 is 2.31 bits per heavy atom. The van der Waals surface area contributed by atoms with E-state index in [0.717, 1.165) is 11.6 Å². The Balaban J connectivity index is 0.00000420. The minimum Gasteiger partial charge on any atom is -0.507 e. The minimum absolute atomic E-state index is 0. The number of ether oxygens (including phenoxy) is 3. The molecule has 0 radical (unpaired) electrons. The Hall–Kier alpha value is -3.32. The smallest absolute Gasteiger partial charge is 0.238 e. The van der Waals surface area contributed by atoms with Crippen LogP contribution in [0.15, 0.2) is 51.2 Å². The molecular weight excluding hydrogens is 536 g/mol. The Labute approximate surface area is 229 Å².